The zero-order valence-corrected chi connectivity index (χ0v) is 14.6. The van der Waals surface area contributed by atoms with E-state index in [1.165, 1.54) is 0 Å². The first-order valence-corrected chi connectivity index (χ1v) is 8.65. The van der Waals surface area contributed by atoms with Crippen LogP contribution in [0.3, 0.4) is 0 Å². The maximum atomic E-state index is 5.73. The van der Waals surface area contributed by atoms with Crippen LogP contribution >= 0.6 is 0 Å². The summed E-state index contributed by atoms with van der Waals surface area (Å²) in [4.78, 5) is 8.95. The number of hydrazine groups is 1. The van der Waals surface area contributed by atoms with E-state index in [2.05, 4.69) is 45.0 Å². The fraction of sp³-hybridized carbons (Fsp3) is 0. The normalized spacial score (nSPS) is 10.4. The molecule has 0 fully saturated rings. The van der Waals surface area contributed by atoms with E-state index in [9.17, 15) is 0 Å². The van der Waals surface area contributed by atoms with E-state index in [0.29, 0.717) is 11.8 Å². The molecular weight excluding hydrogens is 334 g/mol. The Bertz CT molecular complexity index is 1030. The van der Waals surface area contributed by atoms with Crippen molar-refractivity contribution in [3.8, 4) is 22.3 Å². The molecule has 0 atom stereocenters. The number of nitrogens with one attached hydrogen (secondary N) is 2. The number of benzene rings is 3. The van der Waals surface area contributed by atoms with Crippen molar-refractivity contribution >= 4 is 17.5 Å². The third-order valence-electron chi connectivity index (χ3n) is 4.24. The average Bonchev–Trinajstić information content (AvgIpc) is 2.75. The molecule has 4 N–H and O–H groups in total. The molecular formula is C22H19N5. The third kappa shape index (κ3) is 3.78. The Morgan fingerprint density at radius 2 is 1.37 bits per heavy atom. The molecule has 1 heterocycles. The highest BCUT2D eigenvalue weighted by Crippen LogP contribution is 2.30. The van der Waals surface area contributed by atoms with E-state index in [1.807, 2.05) is 60.7 Å². The maximum Gasteiger partial charge on any atom is 0.229 e. The summed E-state index contributed by atoms with van der Waals surface area (Å²) in [7, 11) is 0. The predicted octanol–water partition coefficient (Wildman–Crippen LogP) is 4.84. The van der Waals surface area contributed by atoms with Gasteiger partial charge in [0.2, 0.25) is 5.95 Å². The Morgan fingerprint density at radius 3 is 2.11 bits per heavy atom. The van der Waals surface area contributed by atoms with Crippen LogP contribution in [0.5, 0.6) is 0 Å². The van der Waals surface area contributed by atoms with Crippen LogP contribution in [0.2, 0.25) is 0 Å². The molecule has 0 spiro atoms. The van der Waals surface area contributed by atoms with E-state index < -0.39 is 0 Å². The molecule has 0 bridgehead atoms. The number of rotatable bonds is 5. The fourth-order valence-electron chi connectivity index (χ4n) is 2.91. The van der Waals surface area contributed by atoms with Gasteiger partial charge in [-0.05, 0) is 34.9 Å². The van der Waals surface area contributed by atoms with Crippen LogP contribution in [0.15, 0.2) is 91.1 Å². The Hall–Kier alpha value is -3.70. The van der Waals surface area contributed by atoms with Crippen LogP contribution in [0.25, 0.3) is 22.3 Å². The quantitative estimate of drug-likeness (QED) is 0.353. The summed E-state index contributed by atoms with van der Waals surface area (Å²) in [5, 5.41) is 3.18. The number of hydrogen-bond donors (Lipinski definition) is 3. The predicted molar refractivity (Wildman–Crippen MR) is 110 cm³/mol. The lowest BCUT2D eigenvalue weighted by atomic mass is 10.0. The second-order valence-corrected chi connectivity index (χ2v) is 6.04. The molecule has 0 aliphatic carbocycles. The molecule has 0 aliphatic rings. The number of nitrogens with zero attached hydrogens (tertiary/aromatic N) is 2. The van der Waals surface area contributed by atoms with Gasteiger partial charge in [-0.15, -0.1) is 0 Å². The number of para-hydroxylation sites is 1. The lowest BCUT2D eigenvalue weighted by Gasteiger charge is -2.12. The van der Waals surface area contributed by atoms with Crippen molar-refractivity contribution in [1.29, 1.82) is 0 Å². The number of nitrogen functional groups attached to an aromatic ring is 1. The van der Waals surface area contributed by atoms with Crippen molar-refractivity contribution in [3.05, 3.63) is 91.1 Å². The van der Waals surface area contributed by atoms with E-state index in [4.69, 9.17) is 5.84 Å². The molecule has 5 nitrogen and oxygen atoms in total. The Balaban J connectivity index is 1.68. The highest BCUT2D eigenvalue weighted by molar-refractivity contribution is 5.79. The number of aromatic nitrogens is 2. The maximum absolute atomic E-state index is 5.73. The summed E-state index contributed by atoms with van der Waals surface area (Å²) in [5.41, 5.74) is 7.73. The summed E-state index contributed by atoms with van der Waals surface area (Å²) in [6.45, 7) is 0. The van der Waals surface area contributed by atoms with Gasteiger partial charge in [0, 0.05) is 17.4 Å². The molecule has 0 saturated heterocycles. The Labute approximate surface area is 157 Å². The molecule has 4 aromatic rings. The smallest absolute Gasteiger partial charge is 0.229 e. The largest absolute Gasteiger partial charge is 0.324 e. The minimum absolute atomic E-state index is 0.483. The monoisotopic (exact) mass is 353 g/mol. The van der Waals surface area contributed by atoms with E-state index >= 15 is 0 Å². The summed E-state index contributed by atoms with van der Waals surface area (Å²) in [6.07, 6.45) is 1.78. The molecule has 5 heteroatoms. The van der Waals surface area contributed by atoms with Gasteiger partial charge in [-0.3, -0.25) is 0 Å². The zero-order chi connectivity index (χ0) is 18.5. The van der Waals surface area contributed by atoms with Crippen molar-refractivity contribution in [2.24, 2.45) is 5.84 Å². The number of anilines is 3. The lowest BCUT2D eigenvalue weighted by Crippen LogP contribution is -2.11. The zero-order valence-electron chi connectivity index (χ0n) is 14.6. The van der Waals surface area contributed by atoms with Crippen LogP contribution in [-0.2, 0) is 0 Å². The minimum atomic E-state index is 0.483. The number of hydrogen-bond acceptors (Lipinski definition) is 5. The van der Waals surface area contributed by atoms with Crippen LogP contribution in [-0.4, -0.2) is 9.97 Å². The minimum Gasteiger partial charge on any atom is -0.324 e. The lowest BCUT2D eigenvalue weighted by molar-refractivity contribution is 1.14. The first-order valence-electron chi connectivity index (χ1n) is 8.65. The van der Waals surface area contributed by atoms with Crippen LogP contribution in [0, 0.1) is 0 Å². The summed E-state index contributed by atoms with van der Waals surface area (Å²) in [5.74, 6) is 6.78. The van der Waals surface area contributed by atoms with Crippen LogP contribution < -0.4 is 16.6 Å². The Morgan fingerprint density at radius 1 is 0.704 bits per heavy atom. The van der Waals surface area contributed by atoms with Gasteiger partial charge in [-0.2, -0.15) is 4.98 Å². The van der Waals surface area contributed by atoms with Gasteiger partial charge in [-0.25, -0.2) is 10.8 Å². The highest BCUT2D eigenvalue weighted by Gasteiger charge is 2.10. The van der Waals surface area contributed by atoms with Crippen LogP contribution in [0.1, 0.15) is 0 Å². The molecule has 0 unspecified atom stereocenters. The van der Waals surface area contributed by atoms with Gasteiger partial charge in [0.05, 0.1) is 0 Å². The van der Waals surface area contributed by atoms with Gasteiger partial charge >= 0.3 is 0 Å². The van der Waals surface area contributed by atoms with Gasteiger partial charge < -0.3 is 10.7 Å². The van der Waals surface area contributed by atoms with Crippen molar-refractivity contribution in [2.45, 2.75) is 0 Å². The van der Waals surface area contributed by atoms with Gasteiger partial charge in [0.1, 0.15) is 0 Å². The first-order chi connectivity index (χ1) is 13.3. The third-order valence-corrected chi connectivity index (χ3v) is 4.24. The first kappa shape index (κ1) is 16.8. The van der Waals surface area contributed by atoms with Gasteiger partial charge in [0.25, 0.3) is 0 Å². The molecule has 1 aromatic heterocycles. The van der Waals surface area contributed by atoms with Crippen molar-refractivity contribution in [1.82, 2.24) is 9.97 Å². The van der Waals surface area contributed by atoms with Crippen molar-refractivity contribution < 1.29 is 0 Å². The SMILES string of the molecule is NNc1nc(Nc2ccccc2)ncc1-c1cccc(-c2ccccc2)c1. The fourth-order valence-corrected chi connectivity index (χ4v) is 2.91. The standard InChI is InChI=1S/C22H19N5/c23-27-21-20(15-24-22(26-21)25-19-12-5-2-6-13-19)18-11-7-10-17(14-18)16-8-3-1-4-9-16/h1-15H,23H2,(H2,24,25,26,27). The van der Waals surface area contributed by atoms with E-state index in [1.54, 1.807) is 6.20 Å². The molecule has 132 valence electrons. The summed E-state index contributed by atoms with van der Waals surface area (Å²) >= 11 is 0. The Kier molecular flexibility index (Phi) is 4.76. The van der Waals surface area contributed by atoms with Crippen molar-refractivity contribution in [3.63, 3.8) is 0 Å². The molecule has 0 aliphatic heterocycles. The molecule has 3 aromatic carbocycles. The van der Waals surface area contributed by atoms with Gasteiger partial charge in [-0.1, -0.05) is 66.7 Å². The average molecular weight is 353 g/mol. The molecule has 27 heavy (non-hydrogen) atoms. The summed E-state index contributed by atoms with van der Waals surface area (Å²) in [6, 6.07) is 28.3. The second kappa shape index (κ2) is 7.68. The van der Waals surface area contributed by atoms with Gasteiger partial charge in [0.15, 0.2) is 5.82 Å². The number of nitrogens with two attached hydrogens (primary N) is 1. The molecule has 4 rings (SSSR count). The van der Waals surface area contributed by atoms with E-state index in [-0.39, 0.29) is 0 Å². The van der Waals surface area contributed by atoms with Crippen molar-refractivity contribution in [2.75, 3.05) is 10.7 Å². The highest BCUT2D eigenvalue weighted by atomic mass is 15.3. The molecule has 0 radical (unpaired) electrons. The van der Waals surface area contributed by atoms with Crippen LogP contribution in [0.4, 0.5) is 17.5 Å². The topological polar surface area (TPSA) is 75.9 Å². The van der Waals surface area contributed by atoms with E-state index in [0.717, 1.165) is 27.9 Å². The summed E-state index contributed by atoms with van der Waals surface area (Å²) < 4.78 is 0. The molecule has 0 saturated carbocycles. The molecule has 0 amide bonds. The second-order valence-electron chi connectivity index (χ2n) is 6.04.